The summed E-state index contributed by atoms with van der Waals surface area (Å²) in [4.78, 5) is 37.1. The average molecular weight is 393 g/mol. The van der Waals surface area contributed by atoms with E-state index in [0.717, 1.165) is 5.69 Å². The van der Waals surface area contributed by atoms with Crippen molar-refractivity contribution in [3.05, 3.63) is 51.1 Å². The minimum atomic E-state index is -1.31. The highest BCUT2D eigenvalue weighted by molar-refractivity contribution is 5.76. The number of hydrogen-bond donors (Lipinski definition) is 4. The smallest absolute Gasteiger partial charge is 0.328 e. The Labute approximate surface area is 159 Å². The van der Waals surface area contributed by atoms with Crippen LogP contribution in [0.4, 0.5) is 0 Å². The van der Waals surface area contributed by atoms with Crippen LogP contribution in [0.25, 0.3) is 0 Å². The van der Waals surface area contributed by atoms with Gasteiger partial charge in [-0.2, -0.15) is 5.10 Å². The fraction of sp³-hybridized carbons (Fsp3) is 0.529. The second kappa shape index (κ2) is 8.50. The van der Waals surface area contributed by atoms with Crippen LogP contribution in [0.5, 0.6) is 0 Å². The zero-order valence-electron chi connectivity index (χ0n) is 15.3. The summed E-state index contributed by atoms with van der Waals surface area (Å²) in [6.07, 6.45) is -0.210. The standard InChI is InChI=1S/C17H23N5O6/c1-10-2-6-22(20-10)7-4-13(23)18-11-9-28-12(16(26)15(11)25)8-21-5-3-14(24)19-17(21)27/h2-3,5-6,11-12,15-16,25-26H,4,7-9H2,1H3,(H,18,23)(H,19,24,27)/t11-,12-,15+,16-/m1/s1. The van der Waals surface area contributed by atoms with E-state index in [4.69, 9.17) is 4.74 Å². The van der Waals surface area contributed by atoms with E-state index >= 15 is 0 Å². The van der Waals surface area contributed by atoms with Gasteiger partial charge < -0.3 is 20.3 Å². The molecule has 1 aliphatic heterocycles. The molecule has 2 aromatic rings. The summed E-state index contributed by atoms with van der Waals surface area (Å²) in [5.74, 6) is -0.302. The van der Waals surface area contributed by atoms with Crippen LogP contribution in [0.2, 0.25) is 0 Å². The predicted molar refractivity (Wildman–Crippen MR) is 96.6 cm³/mol. The monoisotopic (exact) mass is 393 g/mol. The molecule has 11 nitrogen and oxygen atoms in total. The summed E-state index contributed by atoms with van der Waals surface area (Å²) in [6.45, 7) is 2.18. The predicted octanol–water partition coefficient (Wildman–Crippen LogP) is -2.26. The summed E-state index contributed by atoms with van der Waals surface area (Å²) in [7, 11) is 0. The Morgan fingerprint density at radius 2 is 2.11 bits per heavy atom. The first-order chi connectivity index (χ1) is 13.3. The zero-order chi connectivity index (χ0) is 20.3. The third-order valence-electron chi connectivity index (χ3n) is 4.59. The largest absolute Gasteiger partial charge is 0.388 e. The van der Waals surface area contributed by atoms with Gasteiger partial charge in [0, 0.05) is 31.4 Å². The van der Waals surface area contributed by atoms with Gasteiger partial charge in [-0.15, -0.1) is 0 Å². The van der Waals surface area contributed by atoms with Crippen LogP contribution in [-0.4, -0.2) is 66.4 Å². The fourth-order valence-electron chi connectivity index (χ4n) is 3.03. The molecule has 0 aliphatic carbocycles. The average Bonchev–Trinajstić information content (AvgIpc) is 3.07. The minimum Gasteiger partial charge on any atom is -0.388 e. The maximum Gasteiger partial charge on any atom is 0.328 e. The number of nitrogens with zero attached hydrogens (tertiary/aromatic N) is 3. The molecule has 2 aromatic heterocycles. The van der Waals surface area contributed by atoms with Crippen molar-refractivity contribution in [1.29, 1.82) is 0 Å². The van der Waals surface area contributed by atoms with Crippen molar-refractivity contribution in [3.8, 4) is 0 Å². The lowest BCUT2D eigenvalue weighted by Gasteiger charge is -2.38. The van der Waals surface area contributed by atoms with Gasteiger partial charge in [0.2, 0.25) is 5.91 Å². The van der Waals surface area contributed by atoms with Crippen LogP contribution in [0.15, 0.2) is 34.1 Å². The van der Waals surface area contributed by atoms with Gasteiger partial charge in [-0.05, 0) is 13.0 Å². The van der Waals surface area contributed by atoms with E-state index in [1.807, 2.05) is 13.0 Å². The molecule has 1 amide bonds. The number of aliphatic hydroxyl groups is 2. The fourth-order valence-corrected chi connectivity index (χ4v) is 3.03. The van der Waals surface area contributed by atoms with E-state index in [-0.39, 0.29) is 25.5 Å². The third-order valence-corrected chi connectivity index (χ3v) is 4.59. The van der Waals surface area contributed by atoms with Crippen LogP contribution in [0, 0.1) is 6.92 Å². The summed E-state index contributed by atoms with van der Waals surface area (Å²) in [5.41, 5.74) is -0.311. The van der Waals surface area contributed by atoms with E-state index in [0.29, 0.717) is 6.54 Å². The van der Waals surface area contributed by atoms with Crippen LogP contribution in [-0.2, 0) is 22.6 Å². The van der Waals surface area contributed by atoms with Gasteiger partial charge >= 0.3 is 5.69 Å². The normalized spacial score (nSPS) is 24.8. The number of rotatable bonds is 6. The highest BCUT2D eigenvalue weighted by Gasteiger charge is 2.39. The molecule has 152 valence electrons. The second-order valence-electron chi connectivity index (χ2n) is 6.76. The van der Waals surface area contributed by atoms with Crippen LogP contribution < -0.4 is 16.6 Å². The van der Waals surface area contributed by atoms with Gasteiger partial charge in [-0.25, -0.2) is 4.79 Å². The van der Waals surface area contributed by atoms with Gasteiger partial charge in [0.1, 0.15) is 18.3 Å². The van der Waals surface area contributed by atoms with Gasteiger partial charge in [0.25, 0.3) is 5.56 Å². The number of aryl methyl sites for hydroxylation is 2. The first-order valence-electron chi connectivity index (χ1n) is 8.90. The number of hydrogen-bond acceptors (Lipinski definition) is 7. The first kappa shape index (κ1) is 20.0. The number of aliphatic hydroxyl groups excluding tert-OH is 2. The molecule has 4 N–H and O–H groups in total. The Hall–Kier alpha value is -2.76. The van der Waals surface area contributed by atoms with Crippen LogP contribution in [0.1, 0.15) is 12.1 Å². The summed E-state index contributed by atoms with van der Waals surface area (Å²) >= 11 is 0. The molecule has 0 radical (unpaired) electrons. The van der Waals surface area contributed by atoms with Crippen molar-refractivity contribution in [3.63, 3.8) is 0 Å². The molecule has 4 atom stereocenters. The van der Waals surface area contributed by atoms with Gasteiger partial charge in [-0.1, -0.05) is 0 Å². The zero-order valence-corrected chi connectivity index (χ0v) is 15.3. The Bertz CT molecular complexity index is 934. The molecule has 0 spiro atoms. The molecular formula is C17H23N5O6. The number of carbonyl (C=O) groups is 1. The lowest BCUT2D eigenvalue weighted by atomic mass is 9.97. The number of amides is 1. The molecule has 1 saturated heterocycles. The second-order valence-corrected chi connectivity index (χ2v) is 6.76. The van der Waals surface area contributed by atoms with E-state index in [1.54, 1.807) is 10.9 Å². The third kappa shape index (κ3) is 4.74. The van der Waals surface area contributed by atoms with Crippen molar-refractivity contribution in [2.24, 2.45) is 0 Å². The molecule has 28 heavy (non-hydrogen) atoms. The Kier molecular flexibility index (Phi) is 6.07. The van der Waals surface area contributed by atoms with Gasteiger partial charge in [0.05, 0.1) is 24.9 Å². The number of nitrogens with one attached hydrogen (secondary N) is 2. The molecule has 11 heteroatoms. The Morgan fingerprint density at radius 1 is 1.32 bits per heavy atom. The molecule has 3 rings (SSSR count). The van der Waals surface area contributed by atoms with Crippen molar-refractivity contribution < 1.29 is 19.7 Å². The molecule has 0 unspecified atom stereocenters. The van der Waals surface area contributed by atoms with Crippen molar-refractivity contribution >= 4 is 5.91 Å². The molecule has 0 bridgehead atoms. The maximum absolute atomic E-state index is 12.1. The molecular weight excluding hydrogens is 370 g/mol. The number of ether oxygens (including phenoxy) is 1. The van der Waals surface area contributed by atoms with E-state index in [1.165, 1.54) is 16.8 Å². The Morgan fingerprint density at radius 3 is 2.79 bits per heavy atom. The molecule has 1 fully saturated rings. The summed E-state index contributed by atoms with van der Waals surface area (Å²) in [5, 5.41) is 27.5. The summed E-state index contributed by atoms with van der Waals surface area (Å²) in [6, 6.07) is 2.24. The summed E-state index contributed by atoms with van der Waals surface area (Å²) < 4.78 is 8.36. The number of aromatic nitrogens is 4. The van der Waals surface area contributed by atoms with Crippen molar-refractivity contribution in [1.82, 2.24) is 24.6 Å². The lowest BCUT2D eigenvalue weighted by molar-refractivity contribution is -0.158. The molecule has 0 saturated carbocycles. The quantitative estimate of drug-likeness (QED) is 0.432. The molecule has 0 aromatic carbocycles. The van der Waals surface area contributed by atoms with E-state index < -0.39 is 35.6 Å². The SMILES string of the molecule is Cc1ccn(CCC(=O)N[C@@H]2CO[C@H](Cn3ccc(=O)[nH]c3=O)[C@@H](O)[C@H]2O)n1. The van der Waals surface area contributed by atoms with Crippen LogP contribution >= 0.6 is 0 Å². The highest BCUT2D eigenvalue weighted by Crippen LogP contribution is 2.17. The molecule has 3 heterocycles. The number of carbonyl (C=O) groups excluding carboxylic acids is 1. The number of H-pyrrole nitrogens is 1. The van der Waals surface area contributed by atoms with Gasteiger partial charge in [0.15, 0.2) is 0 Å². The minimum absolute atomic E-state index is 0.0202. The van der Waals surface area contributed by atoms with Crippen LogP contribution in [0.3, 0.4) is 0 Å². The van der Waals surface area contributed by atoms with Gasteiger partial charge in [-0.3, -0.25) is 23.8 Å². The van der Waals surface area contributed by atoms with E-state index in [9.17, 15) is 24.6 Å². The van der Waals surface area contributed by atoms with Crippen molar-refractivity contribution in [2.75, 3.05) is 6.61 Å². The number of aromatic amines is 1. The topological polar surface area (TPSA) is 151 Å². The van der Waals surface area contributed by atoms with E-state index in [2.05, 4.69) is 15.4 Å². The Balaban J connectivity index is 1.53. The maximum atomic E-state index is 12.1. The first-order valence-corrected chi connectivity index (χ1v) is 8.90. The van der Waals surface area contributed by atoms with Crippen molar-refractivity contribution in [2.45, 2.75) is 50.8 Å². The lowest BCUT2D eigenvalue weighted by Crippen LogP contribution is -2.60. The highest BCUT2D eigenvalue weighted by atomic mass is 16.5. The molecule has 1 aliphatic rings.